The number of nitrogens with zero attached hydrogens (tertiary/aromatic N) is 2. The van der Waals surface area contributed by atoms with E-state index in [1.165, 1.54) is 4.68 Å². The van der Waals surface area contributed by atoms with E-state index in [-0.39, 0.29) is 11.0 Å². The maximum atomic E-state index is 12.4. The molecule has 0 radical (unpaired) electrons. The molecule has 1 N–H and O–H groups in total. The van der Waals surface area contributed by atoms with E-state index >= 15 is 0 Å². The van der Waals surface area contributed by atoms with Crippen LogP contribution in [0, 0.1) is 0 Å². The van der Waals surface area contributed by atoms with Gasteiger partial charge < -0.3 is 14.8 Å². The molecule has 1 aromatic rings. The molecule has 0 saturated carbocycles. The first-order valence-electron chi connectivity index (χ1n) is 7.20. The van der Waals surface area contributed by atoms with Gasteiger partial charge in [-0.1, -0.05) is 20.8 Å². The second kappa shape index (κ2) is 8.26. The second-order valence-electron chi connectivity index (χ2n) is 6.00. The van der Waals surface area contributed by atoms with Crippen LogP contribution < -0.4 is 10.9 Å². The number of hydrogen-bond acceptors (Lipinski definition) is 5. The van der Waals surface area contributed by atoms with E-state index in [0.717, 1.165) is 11.3 Å². The molecule has 21 heavy (non-hydrogen) atoms. The molecule has 120 valence electrons. The highest BCUT2D eigenvalue weighted by molar-refractivity contribution is 5.19. The Hall–Kier alpha value is -1.24. The predicted octanol–water partition coefficient (Wildman–Crippen LogP) is 0.923. The third-order valence-electron chi connectivity index (χ3n) is 3.12. The molecule has 1 heterocycles. The van der Waals surface area contributed by atoms with Gasteiger partial charge in [0.05, 0.1) is 25.5 Å². The van der Waals surface area contributed by atoms with Crippen LogP contribution in [0.5, 0.6) is 0 Å². The molecule has 0 fully saturated rings. The van der Waals surface area contributed by atoms with E-state index in [1.807, 2.05) is 6.07 Å². The van der Waals surface area contributed by atoms with Gasteiger partial charge in [-0.05, 0) is 6.07 Å². The zero-order chi connectivity index (χ0) is 15.9. The Morgan fingerprint density at radius 1 is 1.24 bits per heavy atom. The largest absolute Gasteiger partial charge is 0.383 e. The van der Waals surface area contributed by atoms with Crippen molar-refractivity contribution >= 4 is 0 Å². The fourth-order valence-corrected chi connectivity index (χ4v) is 1.82. The van der Waals surface area contributed by atoms with Crippen molar-refractivity contribution in [1.82, 2.24) is 15.1 Å². The van der Waals surface area contributed by atoms with E-state index in [1.54, 1.807) is 14.2 Å². The van der Waals surface area contributed by atoms with Crippen molar-refractivity contribution in [2.45, 2.75) is 39.3 Å². The lowest BCUT2D eigenvalue weighted by Gasteiger charge is -2.20. The van der Waals surface area contributed by atoms with Crippen LogP contribution in [-0.2, 0) is 28.0 Å². The highest BCUT2D eigenvalue weighted by atomic mass is 16.5. The second-order valence-corrected chi connectivity index (χ2v) is 6.00. The molecular weight excluding hydrogens is 270 g/mol. The molecule has 0 aliphatic heterocycles. The number of hydrogen-bond donors (Lipinski definition) is 1. The normalized spacial score (nSPS) is 11.9. The summed E-state index contributed by atoms with van der Waals surface area (Å²) in [5, 5.41) is 7.67. The Morgan fingerprint density at radius 2 is 1.90 bits per heavy atom. The van der Waals surface area contributed by atoms with Crippen LogP contribution in [0.4, 0.5) is 0 Å². The monoisotopic (exact) mass is 297 g/mol. The van der Waals surface area contributed by atoms with Gasteiger partial charge in [0.2, 0.25) is 0 Å². The van der Waals surface area contributed by atoms with Gasteiger partial charge >= 0.3 is 0 Å². The summed E-state index contributed by atoms with van der Waals surface area (Å²) in [6.45, 7) is 9.03. The molecule has 6 nitrogen and oxygen atoms in total. The van der Waals surface area contributed by atoms with E-state index in [2.05, 4.69) is 31.2 Å². The molecule has 0 aromatic carbocycles. The van der Waals surface area contributed by atoms with Crippen molar-refractivity contribution in [2.24, 2.45) is 0 Å². The number of rotatable bonds is 8. The molecule has 0 saturated heterocycles. The molecule has 0 amide bonds. The topological polar surface area (TPSA) is 65.4 Å². The lowest BCUT2D eigenvalue weighted by Crippen LogP contribution is -2.33. The minimum absolute atomic E-state index is 0.0648. The Bertz CT molecular complexity index is 492. The van der Waals surface area contributed by atoms with Gasteiger partial charge in [0, 0.05) is 38.3 Å². The summed E-state index contributed by atoms with van der Waals surface area (Å²) < 4.78 is 11.5. The van der Waals surface area contributed by atoms with Gasteiger partial charge in [0.15, 0.2) is 0 Å². The van der Waals surface area contributed by atoms with Gasteiger partial charge in [-0.25, -0.2) is 4.68 Å². The van der Waals surface area contributed by atoms with Gasteiger partial charge in [-0.2, -0.15) is 5.10 Å². The van der Waals surface area contributed by atoms with E-state index < -0.39 is 0 Å². The first-order chi connectivity index (χ1) is 9.90. The van der Waals surface area contributed by atoms with Gasteiger partial charge in [0.25, 0.3) is 5.56 Å². The van der Waals surface area contributed by atoms with Crippen LogP contribution in [0.2, 0.25) is 0 Å². The SMILES string of the molecule is COCCNCc1cc(C(C)(C)C)nn(CCOC)c1=O. The summed E-state index contributed by atoms with van der Waals surface area (Å²) in [7, 11) is 3.27. The van der Waals surface area contributed by atoms with Crippen LogP contribution in [0.3, 0.4) is 0 Å². The Morgan fingerprint density at radius 3 is 2.48 bits per heavy atom. The number of aromatic nitrogens is 2. The van der Waals surface area contributed by atoms with Gasteiger partial charge in [0.1, 0.15) is 0 Å². The van der Waals surface area contributed by atoms with Crippen LogP contribution in [0.25, 0.3) is 0 Å². The highest BCUT2D eigenvalue weighted by Gasteiger charge is 2.19. The zero-order valence-electron chi connectivity index (χ0n) is 13.7. The Labute approximate surface area is 126 Å². The van der Waals surface area contributed by atoms with Crippen molar-refractivity contribution in [3.8, 4) is 0 Å². The van der Waals surface area contributed by atoms with Crippen LogP contribution >= 0.6 is 0 Å². The molecular formula is C15H27N3O3. The molecule has 6 heteroatoms. The zero-order valence-corrected chi connectivity index (χ0v) is 13.7. The molecule has 0 bridgehead atoms. The summed E-state index contributed by atoms with van der Waals surface area (Å²) in [4.78, 5) is 12.4. The average molecular weight is 297 g/mol. The molecule has 0 atom stereocenters. The lowest BCUT2D eigenvalue weighted by molar-refractivity contribution is 0.181. The third-order valence-corrected chi connectivity index (χ3v) is 3.12. The highest BCUT2D eigenvalue weighted by Crippen LogP contribution is 2.19. The van der Waals surface area contributed by atoms with Gasteiger partial charge in [-0.15, -0.1) is 0 Å². The number of nitrogens with one attached hydrogen (secondary N) is 1. The lowest BCUT2D eigenvalue weighted by atomic mass is 9.91. The van der Waals surface area contributed by atoms with Crippen LogP contribution in [0.15, 0.2) is 10.9 Å². The standard InChI is InChI=1S/C15H27N3O3/c1-15(2,3)13-10-12(11-16-6-8-20-4)14(19)18(17-13)7-9-21-5/h10,16H,6-9,11H2,1-5H3. The van der Waals surface area contributed by atoms with Crippen molar-refractivity contribution < 1.29 is 9.47 Å². The number of ether oxygens (including phenoxy) is 2. The molecule has 0 aliphatic rings. The Kier molecular flexibility index (Phi) is 7.01. The predicted molar refractivity (Wildman–Crippen MR) is 82.7 cm³/mol. The summed E-state index contributed by atoms with van der Waals surface area (Å²) in [5.41, 5.74) is 1.46. The smallest absolute Gasteiger partial charge is 0.271 e. The van der Waals surface area contributed by atoms with Crippen molar-refractivity contribution in [2.75, 3.05) is 34.0 Å². The Balaban J connectivity index is 3.00. The first-order valence-corrected chi connectivity index (χ1v) is 7.20. The van der Waals surface area contributed by atoms with Crippen molar-refractivity contribution in [1.29, 1.82) is 0 Å². The molecule has 0 spiro atoms. The summed E-state index contributed by atoms with van der Waals surface area (Å²) >= 11 is 0. The number of methoxy groups -OCH3 is 2. The minimum atomic E-state index is -0.107. The van der Waals surface area contributed by atoms with E-state index in [9.17, 15) is 4.79 Å². The molecule has 1 aromatic heterocycles. The van der Waals surface area contributed by atoms with Crippen LogP contribution in [0.1, 0.15) is 32.0 Å². The van der Waals surface area contributed by atoms with Crippen LogP contribution in [-0.4, -0.2) is 43.8 Å². The van der Waals surface area contributed by atoms with Crippen molar-refractivity contribution in [3.63, 3.8) is 0 Å². The first kappa shape index (κ1) is 17.8. The van der Waals surface area contributed by atoms with Crippen molar-refractivity contribution in [3.05, 3.63) is 27.7 Å². The third kappa shape index (κ3) is 5.57. The average Bonchev–Trinajstić information content (AvgIpc) is 2.42. The fourth-order valence-electron chi connectivity index (χ4n) is 1.82. The molecule has 0 unspecified atom stereocenters. The quantitative estimate of drug-likeness (QED) is 0.723. The summed E-state index contributed by atoms with van der Waals surface area (Å²) in [6, 6.07) is 1.89. The maximum absolute atomic E-state index is 12.4. The summed E-state index contributed by atoms with van der Waals surface area (Å²) in [6.07, 6.45) is 0. The molecule has 0 aliphatic carbocycles. The summed E-state index contributed by atoms with van der Waals surface area (Å²) in [5.74, 6) is 0. The minimum Gasteiger partial charge on any atom is -0.383 e. The molecule has 1 rings (SSSR count). The van der Waals surface area contributed by atoms with E-state index in [4.69, 9.17) is 9.47 Å². The maximum Gasteiger partial charge on any atom is 0.271 e. The fraction of sp³-hybridized carbons (Fsp3) is 0.733. The van der Waals surface area contributed by atoms with E-state index in [0.29, 0.717) is 32.8 Å². The van der Waals surface area contributed by atoms with Gasteiger partial charge in [-0.3, -0.25) is 4.79 Å².